The van der Waals surface area contributed by atoms with Crippen LogP contribution in [0.5, 0.6) is 0 Å². The van der Waals surface area contributed by atoms with Crippen LogP contribution in [0, 0.1) is 13.8 Å². The number of ketones is 1. The Labute approximate surface area is 101 Å². The summed E-state index contributed by atoms with van der Waals surface area (Å²) in [5.41, 5.74) is 3.10. The fraction of sp³-hybridized carbons (Fsp3) is 0.462. The van der Waals surface area contributed by atoms with Crippen LogP contribution in [0.2, 0.25) is 0 Å². The van der Waals surface area contributed by atoms with Crippen LogP contribution in [0.25, 0.3) is 0 Å². The molecule has 1 aromatic carbocycles. The first-order valence-corrected chi connectivity index (χ1v) is 6.76. The minimum atomic E-state index is -0.000694. The zero-order valence-corrected chi connectivity index (χ0v) is 10.6. The molecule has 0 aromatic heterocycles. The molecule has 0 spiro atoms. The molecule has 1 fully saturated rings. The fourth-order valence-electron chi connectivity index (χ4n) is 1.92. The van der Waals surface area contributed by atoms with Gasteiger partial charge in [-0.15, -0.1) is 0 Å². The van der Waals surface area contributed by atoms with Gasteiger partial charge in [0.15, 0.2) is 5.78 Å². The quantitative estimate of drug-likeness (QED) is 0.797. The van der Waals surface area contributed by atoms with Crippen LogP contribution in [-0.4, -0.2) is 29.9 Å². The first-order valence-electron chi connectivity index (χ1n) is 5.61. The maximum Gasteiger partial charge on any atom is 0.180 e. The average Bonchev–Trinajstić information content (AvgIpc) is 2.32. The van der Waals surface area contributed by atoms with E-state index in [4.69, 9.17) is 0 Å². The van der Waals surface area contributed by atoms with Crippen molar-refractivity contribution in [1.29, 1.82) is 0 Å². The maximum absolute atomic E-state index is 12.3. The summed E-state index contributed by atoms with van der Waals surface area (Å²) in [7, 11) is 0. The maximum atomic E-state index is 12.3. The van der Waals surface area contributed by atoms with E-state index in [0.29, 0.717) is 0 Å². The zero-order chi connectivity index (χ0) is 11.5. The van der Waals surface area contributed by atoms with Gasteiger partial charge in [-0.25, -0.2) is 0 Å². The highest BCUT2D eigenvalue weighted by molar-refractivity contribution is 7.99. The van der Waals surface area contributed by atoms with E-state index < -0.39 is 0 Å². The van der Waals surface area contributed by atoms with Crippen molar-refractivity contribution in [2.45, 2.75) is 19.9 Å². The van der Waals surface area contributed by atoms with Crippen LogP contribution >= 0.6 is 11.8 Å². The molecule has 16 heavy (non-hydrogen) atoms. The molecular weight excluding hydrogens is 218 g/mol. The lowest BCUT2D eigenvalue weighted by Gasteiger charge is -2.22. The number of thioether (sulfide) groups is 1. The Hall–Kier alpha value is -0.800. The highest BCUT2D eigenvalue weighted by Crippen LogP contribution is 2.16. The third kappa shape index (κ3) is 2.47. The van der Waals surface area contributed by atoms with Crippen LogP contribution < -0.4 is 5.32 Å². The van der Waals surface area contributed by atoms with Crippen LogP contribution in [-0.2, 0) is 0 Å². The van der Waals surface area contributed by atoms with Crippen molar-refractivity contribution in [1.82, 2.24) is 5.32 Å². The van der Waals surface area contributed by atoms with Gasteiger partial charge >= 0.3 is 0 Å². The molecular formula is C13H17NOS. The number of hydrogen-bond acceptors (Lipinski definition) is 3. The molecule has 1 aromatic rings. The lowest BCUT2D eigenvalue weighted by atomic mass is 9.98. The third-order valence-electron chi connectivity index (χ3n) is 2.90. The van der Waals surface area contributed by atoms with Gasteiger partial charge in [0.2, 0.25) is 0 Å². The van der Waals surface area contributed by atoms with Gasteiger partial charge in [0.1, 0.15) is 0 Å². The SMILES string of the molecule is Cc1ccc(C)c(C(=O)C2CSCCN2)c1. The smallest absolute Gasteiger partial charge is 0.180 e. The number of rotatable bonds is 2. The Morgan fingerprint density at radius 3 is 2.94 bits per heavy atom. The second-order valence-electron chi connectivity index (χ2n) is 4.26. The van der Waals surface area contributed by atoms with E-state index in [2.05, 4.69) is 11.4 Å². The summed E-state index contributed by atoms with van der Waals surface area (Å²) >= 11 is 1.85. The summed E-state index contributed by atoms with van der Waals surface area (Å²) in [6.07, 6.45) is 0. The number of hydrogen-bond donors (Lipinski definition) is 1. The van der Waals surface area contributed by atoms with Crippen LogP contribution in [0.1, 0.15) is 21.5 Å². The summed E-state index contributed by atoms with van der Waals surface area (Å²) in [6, 6.07) is 6.08. The second-order valence-corrected chi connectivity index (χ2v) is 5.41. The van der Waals surface area contributed by atoms with Gasteiger partial charge < -0.3 is 5.32 Å². The lowest BCUT2D eigenvalue weighted by Crippen LogP contribution is -2.43. The molecule has 0 aliphatic carbocycles. The highest BCUT2D eigenvalue weighted by Gasteiger charge is 2.23. The minimum absolute atomic E-state index is 0.000694. The van der Waals surface area contributed by atoms with Gasteiger partial charge in [-0.3, -0.25) is 4.79 Å². The predicted molar refractivity (Wildman–Crippen MR) is 69.4 cm³/mol. The molecule has 0 radical (unpaired) electrons. The first kappa shape index (κ1) is 11.7. The Balaban J connectivity index is 2.22. The molecule has 1 saturated heterocycles. The van der Waals surface area contributed by atoms with Crippen LogP contribution in [0.15, 0.2) is 18.2 Å². The van der Waals surface area contributed by atoms with Crippen molar-refractivity contribution in [3.05, 3.63) is 34.9 Å². The first-order chi connectivity index (χ1) is 7.68. The van der Waals surface area contributed by atoms with Gasteiger partial charge in [0.05, 0.1) is 6.04 Å². The van der Waals surface area contributed by atoms with Crippen molar-refractivity contribution in [3.8, 4) is 0 Å². The summed E-state index contributed by atoms with van der Waals surface area (Å²) in [5.74, 6) is 2.25. The fourth-order valence-corrected chi connectivity index (χ4v) is 2.86. The molecule has 1 aliphatic rings. The van der Waals surface area contributed by atoms with Gasteiger partial charge in [-0.05, 0) is 25.5 Å². The molecule has 86 valence electrons. The molecule has 0 saturated carbocycles. The van der Waals surface area contributed by atoms with E-state index in [0.717, 1.165) is 34.7 Å². The molecule has 2 rings (SSSR count). The highest BCUT2D eigenvalue weighted by atomic mass is 32.2. The monoisotopic (exact) mass is 235 g/mol. The Morgan fingerprint density at radius 1 is 1.44 bits per heavy atom. The number of carbonyl (C=O) groups is 1. The van der Waals surface area contributed by atoms with E-state index >= 15 is 0 Å². The molecule has 0 amide bonds. The van der Waals surface area contributed by atoms with E-state index in [9.17, 15) is 4.79 Å². The largest absolute Gasteiger partial charge is 0.306 e. The van der Waals surface area contributed by atoms with Gasteiger partial charge in [0, 0.05) is 23.6 Å². The molecule has 1 unspecified atom stereocenters. The Bertz CT molecular complexity index is 397. The van der Waals surface area contributed by atoms with Gasteiger partial charge in [0.25, 0.3) is 0 Å². The minimum Gasteiger partial charge on any atom is -0.306 e. The predicted octanol–water partition coefficient (Wildman–Crippen LogP) is 2.19. The standard InChI is InChI=1S/C13H17NOS/c1-9-3-4-10(2)11(7-9)13(15)12-8-16-6-5-14-12/h3-4,7,12,14H,5-6,8H2,1-2H3. The number of benzene rings is 1. The zero-order valence-electron chi connectivity index (χ0n) is 9.75. The lowest BCUT2D eigenvalue weighted by molar-refractivity contribution is 0.0952. The molecule has 3 heteroatoms. The molecule has 1 heterocycles. The molecule has 0 bridgehead atoms. The van der Waals surface area contributed by atoms with Crippen molar-refractivity contribution < 1.29 is 4.79 Å². The summed E-state index contributed by atoms with van der Waals surface area (Å²) in [6.45, 7) is 4.97. The van der Waals surface area contributed by atoms with Gasteiger partial charge in [-0.2, -0.15) is 11.8 Å². The Kier molecular flexibility index (Phi) is 3.66. The van der Waals surface area contributed by atoms with Gasteiger partial charge in [-0.1, -0.05) is 17.7 Å². The van der Waals surface area contributed by atoms with E-state index in [1.807, 2.05) is 37.7 Å². The van der Waals surface area contributed by atoms with E-state index in [-0.39, 0.29) is 11.8 Å². The average molecular weight is 235 g/mol. The molecule has 1 aliphatic heterocycles. The van der Waals surface area contributed by atoms with E-state index in [1.54, 1.807) is 0 Å². The molecule has 1 atom stereocenters. The number of carbonyl (C=O) groups excluding carboxylic acids is 1. The summed E-state index contributed by atoms with van der Waals surface area (Å²) in [5, 5.41) is 3.29. The van der Waals surface area contributed by atoms with E-state index in [1.165, 1.54) is 0 Å². The summed E-state index contributed by atoms with van der Waals surface area (Å²) in [4.78, 5) is 12.3. The number of Topliss-reactive ketones (excluding diaryl/α,β-unsaturated/α-hetero) is 1. The second kappa shape index (κ2) is 5.02. The Morgan fingerprint density at radius 2 is 2.25 bits per heavy atom. The van der Waals surface area contributed by atoms with Crippen LogP contribution in [0.4, 0.5) is 0 Å². The van der Waals surface area contributed by atoms with Crippen molar-refractivity contribution >= 4 is 17.5 Å². The molecule has 1 N–H and O–H groups in total. The van der Waals surface area contributed by atoms with Crippen molar-refractivity contribution in [3.63, 3.8) is 0 Å². The number of nitrogens with one attached hydrogen (secondary N) is 1. The van der Waals surface area contributed by atoms with Crippen molar-refractivity contribution in [2.75, 3.05) is 18.1 Å². The topological polar surface area (TPSA) is 29.1 Å². The number of aryl methyl sites for hydroxylation is 2. The van der Waals surface area contributed by atoms with Crippen LogP contribution in [0.3, 0.4) is 0 Å². The van der Waals surface area contributed by atoms with Crippen molar-refractivity contribution in [2.24, 2.45) is 0 Å². The normalized spacial score (nSPS) is 20.8. The molecule has 2 nitrogen and oxygen atoms in total. The summed E-state index contributed by atoms with van der Waals surface area (Å²) < 4.78 is 0. The third-order valence-corrected chi connectivity index (χ3v) is 3.96.